The van der Waals surface area contributed by atoms with Crippen molar-refractivity contribution in [1.82, 2.24) is 10.2 Å². The molecular weight excluding hydrogens is 327 g/mol. The summed E-state index contributed by atoms with van der Waals surface area (Å²) in [6.07, 6.45) is 3.28. The zero-order valence-electron chi connectivity index (χ0n) is 15.2. The van der Waals surface area contributed by atoms with E-state index in [1.165, 1.54) is 0 Å². The van der Waals surface area contributed by atoms with Crippen molar-refractivity contribution in [3.63, 3.8) is 0 Å². The largest absolute Gasteiger partial charge is 0.381 e. The van der Waals surface area contributed by atoms with E-state index in [-0.39, 0.29) is 5.82 Å². The molecule has 0 saturated carbocycles. The summed E-state index contributed by atoms with van der Waals surface area (Å²) in [4.78, 5) is 2.60. The lowest BCUT2D eigenvalue weighted by Crippen LogP contribution is -2.46. The zero-order valence-corrected chi connectivity index (χ0v) is 15.2. The molecule has 2 aliphatic heterocycles. The number of nitrogens with one attached hydrogen (secondary N) is 1. The maximum absolute atomic E-state index is 14.1. The first-order valence-electron chi connectivity index (χ1n) is 9.69. The Hall–Kier alpha value is -1.75. The van der Waals surface area contributed by atoms with Gasteiger partial charge in [0.1, 0.15) is 5.82 Å². The van der Waals surface area contributed by atoms with E-state index in [0.29, 0.717) is 12.1 Å². The van der Waals surface area contributed by atoms with Gasteiger partial charge in [-0.2, -0.15) is 0 Å². The molecule has 0 amide bonds. The van der Waals surface area contributed by atoms with Gasteiger partial charge in [-0.15, -0.1) is 0 Å². The molecule has 0 radical (unpaired) electrons. The van der Waals surface area contributed by atoms with Gasteiger partial charge >= 0.3 is 0 Å². The van der Waals surface area contributed by atoms with E-state index in [1.807, 2.05) is 24.3 Å². The first-order valence-corrected chi connectivity index (χ1v) is 9.69. The topological polar surface area (TPSA) is 24.5 Å². The normalized spacial score (nSPS) is 21.4. The monoisotopic (exact) mass is 354 g/mol. The molecule has 3 nitrogen and oxygen atoms in total. The molecule has 0 aliphatic carbocycles. The van der Waals surface area contributed by atoms with Crippen molar-refractivity contribution < 1.29 is 9.13 Å². The van der Waals surface area contributed by atoms with E-state index in [1.54, 1.807) is 12.1 Å². The van der Waals surface area contributed by atoms with Crippen LogP contribution in [-0.2, 0) is 11.3 Å². The van der Waals surface area contributed by atoms with Crippen molar-refractivity contribution in [2.24, 2.45) is 0 Å². The third-order valence-corrected chi connectivity index (χ3v) is 5.67. The van der Waals surface area contributed by atoms with Gasteiger partial charge < -0.3 is 10.1 Å². The lowest BCUT2D eigenvalue weighted by atomic mass is 9.96. The van der Waals surface area contributed by atoms with E-state index in [0.717, 1.165) is 68.8 Å². The maximum Gasteiger partial charge on any atom is 0.123 e. The Morgan fingerprint density at radius 3 is 2.54 bits per heavy atom. The molecule has 2 fully saturated rings. The fourth-order valence-electron chi connectivity index (χ4n) is 4.28. The van der Waals surface area contributed by atoms with Crippen LogP contribution in [0.1, 0.15) is 24.8 Å². The van der Waals surface area contributed by atoms with E-state index in [2.05, 4.69) is 22.3 Å². The molecule has 2 aliphatic rings. The van der Waals surface area contributed by atoms with Crippen molar-refractivity contribution in [2.75, 3.05) is 26.3 Å². The highest BCUT2D eigenvalue weighted by Crippen LogP contribution is 2.29. The lowest BCUT2D eigenvalue weighted by molar-refractivity contribution is 0.0159. The van der Waals surface area contributed by atoms with Gasteiger partial charge in [0.25, 0.3) is 0 Å². The molecule has 138 valence electrons. The Balaban J connectivity index is 1.65. The first kappa shape index (κ1) is 17.7. The number of hydrogen-bond donors (Lipinski definition) is 1. The SMILES string of the molecule is Fc1ccc(-c2ccccc2)c(CN(C2CCOCC2)[C@H]2CCNC2)c1. The molecule has 1 atom stereocenters. The van der Waals surface area contributed by atoms with Crippen molar-refractivity contribution in [1.29, 1.82) is 0 Å². The number of ether oxygens (including phenoxy) is 1. The van der Waals surface area contributed by atoms with Gasteiger partial charge in [0.05, 0.1) is 0 Å². The van der Waals surface area contributed by atoms with Crippen LogP contribution in [0.25, 0.3) is 11.1 Å². The summed E-state index contributed by atoms with van der Waals surface area (Å²) in [6.45, 7) is 4.54. The molecule has 0 unspecified atom stereocenters. The first-order chi connectivity index (χ1) is 12.8. The van der Waals surface area contributed by atoms with Gasteiger partial charge in [-0.05, 0) is 54.6 Å². The lowest BCUT2D eigenvalue weighted by Gasteiger charge is -2.38. The summed E-state index contributed by atoms with van der Waals surface area (Å²) in [6, 6.07) is 16.6. The van der Waals surface area contributed by atoms with Gasteiger partial charge in [0.2, 0.25) is 0 Å². The Morgan fingerprint density at radius 2 is 1.81 bits per heavy atom. The number of nitrogens with zero attached hydrogens (tertiary/aromatic N) is 1. The third-order valence-electron chi connectivity index (χ3n) is 5.67. The molecule has 4 rings (SSSR count). The van der Waals surface area contributed by atoms with Gasteiger partial charge in [-0.25, -0.2) is 4.39 Å². The molecule has 0 spiro atoms. The number of halogens is 1. The third kappa shape index (κ3) is 3.98. The van der Waals surface area contributed by atoms with E-state index < -0.39 is 0 Å². The standard InChI is InChI=1S/C22H27FN2O/c23-19-6-7-22(17-4-2-1-3-5-17)18(14-19)16-25(21-8-11-24-15-21)20-9-12-26-13-10-20/h1-7,14,20-21,24H,8-13,15-16H2/t21-/m0/s1. The molecule has 2 aromatic carbocycles. The van der Waals surface area contributed by atoms with E-state index in [9.17, 15) is 4.39 Å². The molecule has 26 heavy (non-hydrogen) atoms. The molecule has 0 bridgehead atoms. The average Bonchev–Trinajstić information content (AvgIpc) is 3.22. The summed E-state index contributed by atoms with van der Waals surface area (Å²) >= 11 is 0. The minimum absolute atomic E-state index is 0.156. The second-order valence-corrected chi connectivity index (χ2v) is 7.33. The molecule has 1 N–H and O–H groups in total. The smallest absolute Gasteiger partial charge is 0.123 e. The summed E-state index contributed by atoms with van der Waals surface area (Å²) < 4.78 is 19.7. The van der Waals surface area contributed by atoms with Gasteiger partial charge in [-0.3, -0.25) is 4.90 Å². The predicted octanol–water partition coefficient (Wildman–Crippen LogP) is 3.84. The Labute approximate surface area is 155 Å². The Morgan fingerprint density at radius 1 is 1.00 bits per heavy atom. The number of benzene rings is 2. The van der Waals surface area contributed by atoms with E-state index in [4.69, 9.17) is 4.74 Å². The van der Waals surface area contributed by atoms with Crippen molar-refractivity contribution >= 4 is 0 Å². The average molecular weight is 354 g/mol. The number of hydrogen-bond acceptors (Lipinski definition) is 3. The van der Waals surface area contributed by atoms with Gasteiger partial charge in [0, 0.05) is 38.4 Å². The number of rotatable bonds is 5. The van der Waals surface area contributed by atoms with Gasteiger partial charge in [-0.1, -0.05) is 36.4 Å². The van der Waals surface area contributed by atoms with Crippen LogP contribution in [-0.4, -0.2) is 43.3 Å². The predicted molar refractivity (Wildman–Crippen MR) is 102 cm³/mol. The molecule has 2 heterocycles. The minimum atomic E-state index is -0.156. The van der Waals surface area contributed by atoms with Crippen molar-refractivity contribution in [3.8, 4) is 11.1 Å². The van der Waals surface area contributed by atoms with Crippen molar-refractivity contribution in [2.45, 2.75) is 37.9 Å². The molecule has 0 aromatic heterocycles. The summed E-state index contributed by atoms with van der Waals surface area (Å²) in [5, 5.41) is 3.49. The van der Waals surface area contributed by atoms with E-state index >= 15 is 0 Å². The van der Waals surface area contributed by atoms with Crippen LogP contribution in [0.2, 0.25) is 0 Å². The van der Waals surface area contributed by atoms with Gasteiger partial charge in [0.15, 0.2) is 0 Å². The Kier molecular flexibility index (Phi) is 5.63. The fourth-order valence-corrected chi connectivity index (χ4v) is 4.28. The second-order valence-electron chi connectivity index (χ2n) is 7.33. The molecule has 4 heteroatoms. The summed E-state index contributed by atoms with van der Waals surface area (Å²) in [5.74, 6) is -0.156. The van der Waals surface area contributed by atoms with Crippen LogP contribution in [0.3, 0.4) is 0 Å². The van der Waals surface area contributed by atoms with Crippen molar-refractivity contribution in [3.05, 3.63) is 59.9 Å². The molecular formula is C22H27FN2O. The van der Waals surface area contributed by atoms with Crippen LogP contribution in [0.5, 0.6) is 0 Å². The second kappa shape index (κ2) is 8.30. The molecule has 2 saturated heterocycles. The zero-order chi connectivity index (χ0) is 17.8. The highest BCUT2D eigenvalue weighted by atomic mass is 19.1. The highest BCUT2D eigenvalue weighted by molar-refractivity contribution is 5.67. The van der Waals surface area contributed by atoms with Crippen LogP contribution in [0.15, 0.2) is 48.5 Å². The highest BCUT2D eigenvalue weighted by Gasteiger charge is 2.30. The van der Waals surface area contributed by atoms with Crippen LogP contribution < -0.4 is 5.32 Å². The molecule has 2 aromatic rings. The van der Waals surface area contributed by atoms with Crippen LogP contribution in [0.4, 0.5) is 4.39 Å². The van der Waals surface area contributed by atoms with Crippen LogP contribution in [0, 0.1) is 5.82 Å². The Bertz CT molecular complexity index is 709. The maximum atomic E-state index is 14.1. The minimum Gasteiger partial charge on any atom is -0.381 e. The van der Waals surface area contributed by atoms with Crippen LogP contribution >= 0.6 is 0 Å². The fraction of sp³-hybridized carbons (Fsp3) is 0.455. The quantitative estimate of drug-likeness (QED) is 0.883. The summed E-state index contributed by atoms with van der Waals surface area (Å²) in [5.41, 5.74) is 3.36. The summed E-state index contributed by atoms with van der Waals surface area (Å²) in [7, 11) is 0.